The second-order valence-electron chi connectivity index (χ2n) is 4.69. The van der Waals surface area contributed by atoms with Gasteiger partial charge >= 0.3 is 0 Å². The molecule has 6 heteroatoms. The van der Waals surface area contributed by atoms with Crippen LogP contribution in [0.15, 0.2) is 36.4 Å². The maximum absolute atomic E-state index is 12.6. The Kier molecular flexibility index (Phi) is 9.70. The van der Waals surface area contributed by atoms with Crippen LogP contribution in [0.3, 0.4) is 0 Å². The molecule has 0 amide bonds. The van der Waals surface area contributed by atoms with Gasteiger partial charge in [-0.15, -0.1) is 22.7 Å². The maximum atomic E-state index is 12.6. The topological polar surface area (TPSA) is 25.8 Å². The summed E-state index contributed by atoms with van der Waals surface area (Å²) in [7, 11) is 0. The fourth-order valence-corrected chi connectivity index (χ4v) is 3.94. The van der Waals surface area contributed by atoms with Crippen LogP contribution in [0.5, 0.6) is 0 Å². The zero-order valence-electron chi connectivity index (χ0n) is 15.9. The Morgan fingerprint density at radius 3 is 2.00 bits per heavy atom. The van der Waals surface area contributed by atoms with Crippen LogP contribution in [0.4, 0.5) is 4.39 Å². The zero-order valence-corrected chi connectivity index (χ0v) is 18.3. The summed E-state index contributed by atoms with van der Waals surface area (Å²) in [4.78, 5) is 8.47. The van der Waals surface area contributed by atoms with Gasteiger partial charge in [0, 0.05) is 11.1 Å². The molecule has 0 N–H and O–H groups in total. The Bertz CT molecular complexity index is 869. The van der Waals surface area contributed by atoms with Gasteiger partial charge in [0.25, 0.3) is 0 Å². The number of benzene rings is 2. The fraction of sp³-hybridized carbons (Fsp3) is 0.300. The van der Waals surface area contributed by atoms with E-state index in [1.165, 1.54) is 12.1 Å². The Hall–Kier alpha value is -1.56. The van der Waals surface area contributed by atoms with Crippen molar-refractivity contribution in [2.75, 3.05) is 0 Å². The van der Waals surface area contributed by atoms with E-state index in [9.17, 15) is 4.39 Å². The number of fused-ring (bicyclic) bond motifs is 2. The summed E-state index contributed by atoms with van der Waals surface area (Å²) in [5.74, 6) is -0.220. The largest absolute Gasteiger partial charge is 0.242 e. The van der Waals surface area contributed by atoms with Crippen molar-refractivity contribution in [3.63, 3.8) is 0 Å². The van der Waals surface area contributed by atoms with Crippen LogP contribution in [-0.4, -0.2) is 9.97 Å². The number of thiazole rings is 2. The number of aryl methyl sites for hydroxylation is 2. The molecule has 26 heavy (non-hydrogen) atoms. The minimum Gasteiger partial charge on any atom is -0.242 e. The highest BCUT2D eigenvalue weighted by Gasteiger charge is 2.00. The van der Waals surface area contributed by atoms with Crippen molar-refractivity contribution in [2.24, 2.45) is 0 Å². The first kappa shape index (κ1) is 22.5. The van der Waals surface area contributed by atoms with Gasteiger partial charge in [0.1, 0.15) is 5.82 Å². The van der Waals surface area contributed by atoms with E-state index < -0.39 is 0 Å². The minimum absolute atomic E-state index is 0.220. The summed E-state index contributed by atoms with van der Waals surface area (Å²) in [5, 5.41) is 2.84. The Morgan fingerprint density at radius 1 is 0.769 bits per heavy atom. The highest BCUT2D eigenvalue weighted by molar-refractivity contribution is 7.18. The molecule has 0 aliphatic carbocycles. The van der Waals surface area contributed by atoms with E-state index >= 15 is 0 Å². The van der Waals surface area contributed by atoms with E-state index in [1.807, 2.05) is 59.7 Å². The molecule has 0 fully saturated rings. The van der Waals surface area contributed by atoms with Crippen LogP contribution < -0.4 is 0 Å². The summed E-state index contributed by atoms with van der Waals surface area (Å²) in [6, 6.07) is 10.4. The Morgan fingerprint density at radius 2 is 1.35 bits per heavy atom. The lowest BCUT2D eigenvalue weighted by Gasteiger charge is -1.86. The number of halogens is 2. The molecule has 0 saturated carbocycles. The molecule has 0 aliphatic rings. The van der Waals surface area contributed by atoms with Crippen molar-refractivity contribution in [3.8, 4) is 0 Å². The van der Waals surface area contributed by atoms with Crippen LogP contribution in [-0.2, 0) is 0 Å². The van der Waals surface area contributed by atoms with Crippen molar-refractivity contribution < 1.29 is 4.39 Å². The first-order valence-corrected chi connectivity index (χ1v) is 10.6. The maximum Gasteiger partial charge on any atom is 0.125 e. The smallest absolute Gasteiger partial charge is 0.125 e. The van der Waals surface area contributed by atoms with Crippen molar-refractivity contribution in [2.45, 2.75) is 41.5 Å². The minimum atomic E-state index is -0.220. The van der Waals surface area contributed by atoms with E-state index in [-0.39, 0.29) is 5.82 Å². The van der Waals surface area contributed by atoms with E-state index in [0.717, 1.165) is 35.5 Å². The van der Waals surface area contributed by atoms with Gasteiger partial charge in [-0.05, 0) is 44.2 Å². The zero-order chi connectivity index (χ0) is 19.7. The van der Waals surface area contributed by atoms with Gasteiger partial charge in [-0.1, -0.05) is 39.3 Å². The molecule has 2 aromatic heterocycles. The van der Waals surface area contributed by atoms with Crippen LogP contribution in [0.25, 0.3) is 20.4 Å². The molecule has 0 spiro atoms. The van der Waals surface area contributed by atoms with Crippen molar-refractivity contribution in [1.82, 2.24) is 9.97 Å². The first-order chi connectivity index (χ1) is 12.5. The molecule has 4 aromatic rings. The molecule has 2 nitrogen and oxygen atoms in total. The molecular formula is C20H24ClFN2S2. The van der Waals surface area contributed by atoms with Gasteiger partial charge in [0.15, 0.2) is 0 Å². The molecule has 2 aromatic carbocycles. The van der Waals surface area contributed by atoms with Crippen LogP contribution >= 0.6 is 34.3 Å². The summed E-state index contributed by atoms with van der Waals surface area (Å²) in [6.45, 7) is 11.9. The summed E-state index contributed by atoms with van der Waals surface area (Å²) < 4.78 is 14.8. The fourth-order valence-electron chi connectivity index (χ4n) is 2.03. The third-order valence-corrected chi connectivity index (χ3v) is 5.03. The third-order valence-electron chi connectivity index (χ3n) is 2.91. The molecule has 4 rings (SSSR count). The van der Waals surface area contributed by atoms with E-state index in [1.54, 1.807) is 28.7 Å². The van der Waals surface area contributed by atoms with Crippen LogP contribution in [0.2, 0.25) is 5.02 Å². The number of hydrogen-bond donors (Lipinski definition) is 0. The summed E-state index contributed by atoms with van der Waals surface area (Å²) >= 11 is 9.06. The third kappa shape index (κ3) is 6.31. The molecule has 0 aliphatic heterocycles. The molecule has 0 radical (unpaired) electrons. The quantitative estimate of drug-likeness (QED) is 0.293. The highest BCUT2D eigenvalue weighted by atomic mass is 35.5. The predicted octanol–water partition coefficient (Wildman–Crippen LogP) is 8.05. The molecule has 0 bridgehead atoms. The molecule has 0 saturated heterocycles. The highest BCUT2D eigenvalue weighted by Crippen LogP contribution is 2.24. The van der Waals surface area contributed by atoms with Crippen molar-refractivity contribution in [1.29, 1.82) is 0 Å². The van der Waals surface area contributed by atoms with E-state index in [4.69, 9.17) is 11.6 Å². The van der Waals surface area contributed by atoms with Crippen LogP contribution in [0, 0.1) is 19.7 Å². The van der Waals surface area contributed by atoms with Crippen LogP contribution in [0.1, 0.15) is 37.7 Å². The lowest BCUT2D eigenvalue weighted by molar-refractivity contribution is 0.629. The standard InChI is InChI=1S/C8H6ClNS.C8H6FNS.2C2H6/c1-5-10-7-3-2-6(9)4-8(7)11-5;1-5-10-7-4-6(9)2-3-8(7)11-5;2*1-2/h2*2-4H,1H3;2*1-2H3. The van der Waals surface area contributed by atoms with Gasteiger partial charge in [-0.2, -0.15) is 0 Å². The molecule has 2 heterocycles. The number of rotatable bonds is 0. The first-order valence-electron chi connectivity index (χ1n) is 8.56. The lowest BCUT2D eigenvalue weighted by atomic mass is 10.3. The average molecular weight is 411 g/mol. The number of nitrogens with zero attached hydrogens (tertiary/aromatic N) is 2. The van der Waals surface area contributed by atoms with Gasteiger partial charge < -0.3 is 0 Å². The number of hydrogen-bond acceptors (Lipinski definition) is 4. The molecule has 0 atom stereocenters. The van der Waals surface area contributed by atoms with Gasteiger partial charge in [0.05, 0.1) is 30.4 Å². The normalized spacial score (nSPS) is 9.54. The second kappa shape index (κ2) is 11.2. The molecule has 140 valence electrons. The molecule has 0 unspecified atom stereocenters. The predicted molar refractivity (Wildman–Crippen MR) is 116 cm³/mol. The van der Waals surface area contributed by atoms with Crippen molar-refractivity contribution >= 4 is 54.7 Å². The number of aromatic nitrogens is 2. The van der Waals surface area contributed by atoms with E-state index in [2.05, 4.69) is 9.97 Å². The van der Waals surface area contributed by atoms with Gasteiger partial charge in [-0.25, -0.2) is 14.4 Å². The van der Waals surface area contributed by atoms with Gasteiger partial charge in [-0.3, -0.25) is 0 Å². The Balaban J connectivity index is 0.000000219. The lowest BCUT2D eigenvalue weighted by Crippen LogP contribution is -1.72. The average Bonchev–Trinajstić information content (AvgIpc) is 3.18. The summed E-state index contributed by atoms with van der Waals surface area (Å²) in [6.07, 6.45) is 0. The second-order valence-corrected chi connectivity index (χ2v) is 7.60. The van der Waals surface area contributed by atoms with E-state index in [0.29, 0.717) is 0 Å². The molecular weight excluding hydrogens is 387 g/mol. The Labute approximate surface area is 167 Å². The monoisotopic (exact) mass is 410 g/mol. The van der Waals surface area contributed by atoms with Crippen molar-refractivity contribution in [3.05, 3.63) is 57.3 Å². The SMILES string of the molecule is CC.CC.Cc1nc2cc(F)ccc2s1.Cc1nc2ccc(Cl)cc2s1. The summed E-state index contributed by atoms with van der Waals surface area (Å²) in [5.41, 5.74) is 1.80. The van der Waals surface area contributed by atoms with Gasteiger partial charge in [0.2, 0.25) is 0 Å².